The Labute approximate surface area is 134 Å². The minimum atomic E-state index is -1.02. The molecule has 1 amide bonds. The second-order valence-electron chi connectivity index (χ2n) is 5.09. The maximum atomic E-state index is 12.1. The van der Waals surface area contributed by atoms with Crippen molar-refractivity contribution in [2.75, 3.05) is 0 Å². The fourth-order valence-electron chi connectivity index (χ4n) is 2.09. The minimum absolute atomic E-state index is 0.396. The van der Waals surface area contributed by atoms with Gasteiger partial charge < -0.3 is 15.2 Å². The molecule has 0 aliphatic rings. The maximum Gasteiger partial charge on any atom is 0.326 e. The van der Waals surface area contributed by atoms with Crippen molar-refractivity contribution >= 4 is 11.9 Å². The Balaban J connectivity index is 2.01. The molecule has 23 heavy (non-hydrogen) atoms. The smallest absolute Gasteiger partial charge is 0.326 e. The number of carboxylic acid groups (broad SMARTS) is 1. The van der Waals surface area contributed by atoms with Gasteiger partial charge in [0, 0.05) is 5.56 Å². The van der Waals surface area contributed by atoms with Crippen LogP contribution in [0.15, 0.2) is 54.6 Å². The van der Waals surface area contributed by atoms with Crippen LogP contribution < -0.4 is 10.1 Å². The van der Waals surface area contributed by atoms with Crippen LogP contribution >= 0.6 is 0 Å². The summed E-state index contributed by atoms with van der Waals surface area (Å²) in [6.07, 6.45) is 1.08. The first-order valence-electron chi connectivity index (χ1n) is 7.46. The van der Waals surface area contributed by atoms with Crippen molar-refractivity contribution in [3.05, 3.63) is 60.2 Å². The molecule has 0 unspecified atom stereocenters. The lowest BCUT2D eigenvalue weighted by Gasteiger charge is -2.13. The number of carboxylic acids is 1. The van der Waals surface area contributed by atoms with E-state index in [9.17, 15) is 9.59 Å². The van der Waals surface area contributed by atoms with E-state index in [1.165, 1.54) is 0 Å². The highest BCUT2D eigenvalue weighted by Crippen LogP contribution is 2.21. The first-order chi connectivity index (χ1) is 11.1. The highest BCUT2D eigenvalue weighted by Gasteiger charge is 2.19. The van der Waals surface area contributed by atoms with E-state index in [0.29, 0.717) is 29.9 Å². The molecule has 5 nitrogen and oxygen atoms in total. The number of amides is 1. The highest BCUT2D eigenvalue weighted by molar-refractivity contribution is 5.96. The summed E-state index contributed by atoms with van der Waals surface area (Å²) in [5, 5.41) is 11.6. The number of rotatable bonds is 7. The molecule has 1 atom stereocenters. The largest absolute Gasteiger partial charge is 0.480 e. The molecule has 2 N–H and O–H groups in total. The molecular formula is C18H19NO4. The predicted octanol–water partition coefficient (Wildman–Crippen LogP) is 3.46. The topological polar surface area (TPSA) is 75.6 Å². The van der Waals surface area contributed by atoms with Gasteiger partial charge in [-0.2, -0.15) is 0 Å². The van der Waals surface area contributed by atoms with E-state index in [0.717, 1.165) is 0 Å². The molecule has 120 valence electrons. The second kappa shape index (κ2) is 7.98. The fourth-order valence-corrected chi connectivity index (χ4v) is 2.09. The van der Waals surface area contributed by atoms with Crippen LogP contribution in [-0.4, -0.2) is 23.0 Å². The minimum Gasteiger partial charge on any atom is -0.480 e. The van der Waals surface area contributed by atoms with Gasteiger partial charge in [-0.1, -0.05) is 31.5 Å². The fraction of sp³-hybridized carbons (Fsp3) is 0.222. The van der Waals surface area contributed by atoms with Crippen molar-refractivity contribution in [2.24, 2.45) is 0 Å². The molecule has 0 aromatic heterocycles. The lowest BCUT2D eigenvalue weighted by Crippen LogP contribution is -2.40. The third kappa shape index (κ3) is 4.85. The number of hydrogen-bond donors (Lipinski definition) is 2. The summed E-state index contributed by atoms with van der Waals surface area (Å²) in [6, 6.07) is 15.0. The molecule has 0 radical (unpaired) electrons. The SMILES string of the molecule is CCC[C@H](NC(=O)c1ccc(Oc2ccccc2)cc1)C(=O)O. The van der Waals surface area contributed by atoms with Crippen molar-refractivity contribution in [1.29, 1.82) is 0 Å². The molecular weight excluding hydrogens is 294 g/mol. The number of carbonyl (C=O) groups excluding carboxylic acids is 1. The Morgan fingerprint density at radius 1 is 1.04 bits per heavy atom. The van der Waals surface area contributed by atoms with Crippen molar-refractivity contribution in [1.82, 2.24) is 5.32 Å². The number of ether oxygens (including phenoxy) is 1. The monoisotopic (exact) mass is 313 g/mol. The normalized spacial score (nSPS) is 11.5. The summed E-state index contributed by atoms with van der Waals surface area (Å²) in [4.78, 5) is 23.2. The number of nitrogens with one attached hydrogen (secondary N) is 1. The molecule has 0 fully saturated rings. The van der Waals surface area contributed by atoms with Gasteiger partial charge in [0.25, 0.3) is 5.91 Å². The van der Waals surface area contributed by atoms with Gasteiger partial charge in [-0.25, -0.2) is 4.79 Å². The number of hydrogen-bond acceptors (Lipinski definition) is 3. The lowest BCUT2D eigenvalue weighted by molar-refractivity contribution is -0.139. The van der Waals surface area contributed by atoms with Gasteiger partial charge in [0.1, 0.15) is 17.5 Å². The standard InChI is InChI=1S/C18H19NO4/c1-2-6-16(18(21)22)19-17(20)13-9-11-15(12-10-13)23-14-7-4-3-5-8-14/h3-5,7-12,16H,2,6H2,1H3,(H,19,20)(H,21,22)/t16-/m0/s1. The first kappa shape index (κ1) is 16.5. The molecule has 0 saturated heterocycles. The van der Waals surface area contributed by atoms with E-state index in [4.69, 9.17) is 9.84 Å². The first-order valence-corrected chi connectivity index (χ1v) is 7.46. The van der Waals surface area contributed by atoms with Gasteiger partial charge in [-0.05, 0) is 42.8 Å². The molecule has 0 heterocycles. The van der Waals surface area contributed by atoms with E-state index in [-0.39, 0.29) is 0 Å². The van der Waals surface area contributed by atoms with Gasteiger partial charge in [-0.3, -0.25) is 4.79 Å². The Morgan fingerprint density at radius 3 is 2.22 bits per heavy atom. The van der Waals surface area contributed by atoms with Gasteiger partial charge in [0.15, 0.2) is 0 Å². The second-order valence-corrected chi connectivity index (χ2v) is 5.09. The summed E-state index contributed by atoms with van der Waals surface area (Å²) < 4.78 is 5.65. The highest BCUT2D eigenvalue weighted by atomic mass is 16.5. The summed E-state index contributed by atoms with van der Waals surface area (Å²) in [5.41, 5.74) is 0.396. The zero-order valence-corrected chi connectivity index (χ0v) is 12.9. The Hall–Kier alpha value is -2.82. The zero-order chi connectivity index (χ0) is 16.7. The molecule has 0 bridgehead atoms. The van der Waals surface area contributed by atoms with Crippen molar-refractivity contribution < 1.29 is 19.4 Å². The van der Waals surface area contributed by atoms with Crippen LogP contribution in [0.3, 0.4) is 0 Å². The van der Waals surface area contributed by atoms with Gasteiger partial charge in [0.05, 0.1) is 0 Å². The maximum absolute atomic E-state index is 12.1. The Morgan fingerprint density at radius 2 is 1.65 bits per heavy atom. The summed E-state index contributed by atoms with van der Waals surface area (Å²) in [7, 11) is 0. The number of aliphatic carboxylic acids is 1. The molecule has 2 aromatic rings. The van der Waals surface area contributed by atoms with Crippen molar-refractivity contribution in [3.8, 4) is 11.5 Å². The molecule has 0 aliphatic carbocycles. The lowest BCUT2D eigenvalue weighted by atomic mass is 10.1. The number of para-hydroxylation sites is 1. The third-order valence-electron chi connectivity index (χ3n) is 3.28. The van der Waals surface area contributed by atoms with Crippen LogP contribution in [0.5, 0.6) is 11.5 Å². The number of benzene rings is 2. The van der Waals surface area contributed by atoms with E-state index in [2.05, 4.69) is 5.32 Å². The molecule has 0 spiro atoms. The van der Waals surface area contributed by atoms with Crippen molar-refractivity contribution in [2.45, 2.75) is 25.8 Å². The Bertz CT molecular complexity index is 652. The average molecular weight is 313 g/mol. The van der Waals surface area contributed by atoms with Crippen LogP contribution in [0.4, 0.5) is 0 Å². The van der Waals surface area contributed by atoms with Crippen LogP contribution in [0.25, 0.3) is 0 Å². The summed E-state index contributed by atoms with van der Waals surface area (Å²) in [5.74, 6) is -0.115. The summed E-state index contributed by atoms with van der Waals surface area (Å²) in [6.45, 7) is 1.87. The number of carbonyl (C=O) groups is 2. The van der Waals surface area contributed by atoms with Crippen LogP contribution in [0.2, 0.25) is 0 Å². The third-order valence-corrected chi connectivity index (χ3v) is 3.28. The van der Waals surface area contributed by atoms with Crippen LogP contribution in [0.1, 0.15) is 30.1 Å². The van der Waals surface area contributed by atoms with Crippen molar-refractivity contribution in [3.63, 3.8) is 0 Å². The average Bonchev–Trinajstić information content (AvgIpc) is 2.56. The van der Waals surface area contributed by atoms with E-state index < -0.39 is 17.9 Å². The van der Waals surface area contributed by atoms with Gasteiger partial charge >= 0.3 is 5.97 Å². The molecule has 2 aromatic carbocycles. The predicted molar refractivity (Wildman–Crippen MR) is 86.8 cm³/mol. The summed E-state index contributed by atoms with van der Waals surface area (Å²) >= 11 is 0. The molecule has 5 heteroatoms. The zero-order valence-electron chi connectivity index (χ0n) is 12.9. The van der Waals surface area contributed by atoms with E-state index in [1.54, 1.807) is 24.3 Å². The van der Waals surface area contributed by atoms with E-state index in [1.807, 2.05) is 37.3 Å². The molecule has 2 rings (SSSR count). The Kier molecular flexibility index (Phi) is 5.74. The van der Waals surface area contributed by atoms with Crippen LogP contribution in [0, 0.1) is 0 Å². The van der Waals surface area contributed by atoms with E-state index >= 15 is 0 Å². The quantitative estimate of drug-likeness (QED) is 0.821. The van der Waals surface area contributed by atoms with Crippen LogP contribution in [-0.2, 0) is 4.79 Å². The van der Waals surface area contributed by atoms with Gasteiger partial charge in [-0.15, -0.1) is 0 Å². The molecule has 0 aliphatic heterocycles. The van der Waals surface area contributed by atoms with Gasteiger partial charge in [0.2, 0.25) is 0 Å². The molecule has 0 saturated carbocycles.